The van der Waals surface area contributed by atoms with Crippen LogP contribution < -0.4 is 0 Å². The summed E-state index contributed by atoms with van der Waals surface area (Å²) in [6, 6.07) is 0. The van der Waals surface area contributed by atoms with E-state index in [-0.39, 0.29) is 19.3 Å². The normalized spacial score (nSPS) is 10.2. The van der Waals surface area contributed by atoms with Gasteiger partial charge in [0.2, 0.25) is 0 Å². The molecule has 0 aliphatic carbocycles. The number of hydrogen-bond acceptors (Lipinski definition) is 3. The van der Waals surface area contributed by atoms with E-state index in [1.807, 2.05) is 0 Å². The van der Waals surface area contributed by atoms with E-state index < -0.39 is 23.8 Å². The predicted octanol–water partition coefficient (Wildman–Crippen LogP) is 0.807. The molecule has 15 heavy (non-hydrogen) atoms. The smallest absolute Gasteiger partial charge is 0.303 e. The van der Waals surface area contributed by atoms with E-state index in [9.17, 15) is 14.4 Å². The van der Waals surface area contributed by atoms with Crippen LogP contribution in [0.4, 0.5) is 0 Å². The third-order valence-electron chi connectivity index (χ3n) is 1.93. The fourth-order valence-electron chi connectivity index (χ4n) is 1.31. The van der Waals surface area contributed by atoms with Gasteiger partial charge in [0.05, 0.1) is 0 Å². The average molecular weight is 218 g/mol. The van der Waals surface area contributed by atoms with E-state index in [1.165, 1.54) is 0 Å². The van der Waals surface area contributed by atoms with Gasteiger partial charge in [-0.25, -0.2) is 0 Å². The molecule has 0 saturated carbocycles. The summed E-state index contributed by atoms with van der Waals surface area (Å²) in [6.07, 6.45) is 0.0963. The second kappa shape index (κ2) is 6.80. The second-order valence-electron chi connectivity index (χ2n) is 3.35. The van der Waals surface area contributed by atoms with Crippen molar-refractivity contribution in [1.29, 1.82) is 0 Å². The van der Waals surface area contributed by atoms with Crippen molar-refractivity contribution in [3.63, 3.8) is 0 Å². The Balaban J connectivity index is 3.94. The molecule has 3 N–H and O–H groups in total. The molecule has 0 bridgehead atoms. The van der Waals surface area contributed by atoms with Crippen LogP contribution in [-0.2, 0) is 14.4 Å². The molecule has 0 saturated heterocycles. The molecule has 86 valence electrons. The minimum atomic E-state index is -1.06. The highest BCUT2D eigenvalue weighted by molar-refractivity contribution is 5.70. The largest absolute Gasteiger partial charge is 0.481 e. The van der Waals surface area contributed by atoms with Crippen LogP contribution in [-0.4, -0.2) is 33.2 Å². The van der Waals surface area contributed by atoms with Gasteiger partial charge in [-0.1, -0.05) is 0 Å². The fraction of sp³-hybridized carbons (Fsp3) is 0.667. The van der Waals surface area contributed by atoms with Crippen molar-refractivity contribution in [2.24, 2.45) is 5.92 Å². The zero-order valence-corrected chi connectivity index (χ0v) is 8.18. The number of carbonyl (C=O) groups is 3. The Hall–Kier alpha value is -1.59. The molecule has 0 fully saturated rings. The number of aliphatic carboxylic acids is 3. The number of carboxylic acid groups (broad SMARTS) is 3. The van der Waals surface area contributed by atoms with Crippen LogP contribution >= 0.6 is 0 Å². The molecule has 0 spiro atoms. The molecule has 0 aromatic carbocycles. The zero-order chi connectivity index (χ0) is 11.8. The zero-order valence-electron chi connectivity index (χ0n) is 8.18. The third kappa shape index (κ3) is 8.73. The molecule has 6 heteroatoms. The lowest BCUT2D eigenvalue weighted by molar-refractivity contribution is -0.140. The van der Waals surface area contributed by atoms with Gasteiger partial charge in [-0.05, 0) is 18.8 Å². The first-order chi connectivity index (χ1) is 6.91. The van der Waals surface area contributed by atoms with Crippen LogP contribution in [0, 0.1) is 5.92 Å². The van der Waals surface area contributed by atoms with Crippen molar-refractivity contribution in [1.82, 2.24) is 0 Å². The minimum absolute atomic E-state index is 0.0598. The maximum absolute atomic E-state index is 10.4. The molecule has 0 radical (unpaired) electrons. The van der Waals surface area contributed by atoms with Crippen LogP contribution in [0.25, 0.3) is 0 Å². The third-order valence-corrected chi connectivity index (χ3v) is 1.93. The lowest BCUT2D eigenvalue weighted by atomic mass is 9.95. The molecule has 0 aromatic rings. The quantitative estimate of drug-likeness (QED) is 0.555. The highest BCUT2D eigenvalue weighted by Crippen LogP contribution is 2.17. The van der Waals surface area contributed by atoms with E-state index >= 15 is 0 Å². The molecule has 0 unspecified atom stereocenters. The Labute approximate surface area is 86.5 Å². The van der Waals surface area contributed by atoms with Gasteiger partial charge in [0.25, 0.3) is 0 Å². The second-order valence-corrected chi connectivity index (χ2v) is 3.35. The maximum atomic E-state index is 10.4. The molecule has 0 aromatic heterocycles. The minimum Gasteiger partial charge on any atom is -0.481 e. The van der Waals surface area contributed by atoms with Crippen molar-refractivity contribution in [3.05, 3.63) is 0 Å². The maximum Gasteiger partial charge on any atom is 0.303 e. The molecular weight excluding hydrogens is 204 g/mol. The lowest BCUT2D eigenvalue weighted by Gasteiger charge is -2.10. The molecule has 0 heterocycles. The van der Waals surface area contributed by atoms with Crippen LogP contribution in [0.2, 0.25) is 0 Å². The van der Waals surface area contributed by atoms with Gasteiger partial charge in [-0.2, -0.15) is 0 Å². The highest BCUT2D eigenvalue weighted by atomic mass is 16.4. The van der Waals surface area contributed by atoms with Crippen molar-refractivity contribution in [3.8, 4) is 0 Å². The summed E-state index contributed by atoms with van der Waals surface area (Å²) in [6.45, 7) is 0. The van der Waals surface area contributed by atoms with Gasteiger partial charge >= 0.3 is 17.9 Å². The monoisotopic (exact) mass is 218 g/mol. The Morgan fingerprint density at radius 1 is 0.867 bits per heavy atom. The van der Waals surface area contributed by atoms with Crippen LogP contribution in [0.15, 0.2) is 0 Å². The summed E-state index contributed by atoms with van der Waals surface area (Å²) in [5.41, 5.74) is 0. The Morgan fingerprint density at radius 2 is 1.33 bits per heavy atom. The van der Waals surface area contributed by atoms with Crippen molar-refractivity contribution in [2.75, 3.05) is 0 Å². The summed E-state index contributed by atoms with van der Waals surface area (Å²) < 4.78 is 0. The molecule has 0 rings (SSSR count). The average Bonchev–Trinajstić information content (AvgIpc) is 2.00. The molecular formula is C9H14O6. The molecule has 0 atom stereocenters. The van der Waals surface area contributed by atoms with Gasteiger partial charge in [0.1, 0.15) is 0 Å². The Morgan fingerprint density at radius 3 is 1.67 bits per heavy atom. The van der Waals surface area contributed by atoms with Gasteiger partial charge in [0, 0.05) is 19.3 Å². The topological polar surface area (TPSA) is 112 Å². The highest BCUT2D eigenvalue weighted by Gasteiger charge is 2.16. The lowest BCUT2D eigenvalue weighted by Crippen LogP contribution is -2.13. The van der Waals surface area contributed by atoms with Gasteiger partial charge in [-0.3, -0.25) is 14.4 Å². The van der Waals surface area contributed by atoms with Crippen LogP contribution in [0.5, 0.6) is 0 Å². The van der Waals surface area contributed by atoms with Gasteiger partial charge < -0.3 is 15.3 Å². The van der Waals surface area contributed by atoms with Crippen molar-refractivity contribution < 1.29 is 29.7 Å². The Bertz CT molecular complexity index is 231. The molecule has 0 aliphatic rings. The first-order valence-corrected chi connectivity index (χ1v) is 4.57. The number of carboxylic acids is 3. The van der Waals surface area contributed by atoms with Crippen LogP contribution in [0.3, 0.4) is 0 Å². The van der Waals surface area contributed by atoms with E-state index in [2.05, 4.69) is 0 Å². The summed E-state index contributed by atoms with van der Waals surface area (Å²) in [4.78, 5) is 31.0. The molecule has 6 nitrogen and oxygen atoms in total. The van der Waals surface area contributed by atoms with E-state index in [0.29, 0.717) is 12.8 Å². The summed E-state index contributed by atoms with van der Waals surface area (Å²) in [7, 11) is 0. The first-order valence-electron chi connectivity index (χ1n) is 4.57. The summed E-state index contributed by atoms with van der Waals surface area (Å²) >= 11 is 0. The van der Waals surface area contributed by atoms with E-state index in [4.69, 9.17) is 15.3 Å². The summed E-state index contributed by atoms with van der Waals surface area (Å²) in [5.74, 6) is -3.56. The predicted molar refractivity (Wildman–Crippen MR) is 49.5 cm³/mol. The van der Waals surface area contributed by atoms with Crippen LogP contribution in [0.1, 0.15) is 32.1 Å². The standard InChI is InChI=1S/C9H14O6/c10-7(11)3-1-2-6(4-8(12)13)5-9(14)15/h6H,1-5H2,(H,10,11)(H,12,13)(H,14,15). The number of hydrogen-bond donors (Lipinski definition) is 3. The number of rotatable bonds is 8. The fourth-order valence-corrected chi connectivity index (χ4v) is 1.31. The van der Waals surface area contributed by atoms with E-state index in [1.54, 1.807) is 0 Å². The summed E-state index contributed by atoms with van der Waals surface area (Å²) in [5, 5.41) is 25.3. The Kier molecular flexibility index (Phi) is 6.08. The van der Waals surface area contributed by atoms with E-state index in [0.717, 1.165) is 0 Å². The van der Waals surface area contributed by atoms with Gasteiger partial charge in [-0.15, -0.1) is 0 Å². The van der Waals surface area contributed by atoms with Crippen molar-refractivity contribution >= 4 is 17.9 Å². The molecule has 0 aliphatic heterocycles. The molecule has 0 amide bonds. The van der Waals surface area contributed by atoms with Gasteiger partial charge in [0.15, 0.2) is 0 Å². The first kappa shape index (κ1) is 13.4. The van der Waals surface area contributed by atoms with Crippen molar-refractivity contribution in [2.45, 2.75) is 32.1 Å². The SMILES string of the molecule is O=C(O)CCCC(CC(=O)O)CC(=O)O.